The van der Waals surface area contributed by atoms with Crippen LogP contribution in [0.4, 0.5) is 4.79 Å². The molecule has 0 bridgehead atoms. The molecule has 0 saturated heterocycles. The lowest BCUT2D eigenvalue weighted by Crippen LogP contribution is -2.35. The van der Waals surface area contributed by atoms with Gasteiger partial charge in [-0.15, -0.1) is 11.3 Å². The molecule has 0 radical (unpaired) electrons. The maximum atomic E-state index is 12.2. The lowest BCUT2D eigenvalue weighted by Gasteiger charge is -2.24. The summed E-state index contributed by atoms with van der Waals surface area (Å²) >= 11 is -0.512. The summed E-state index contributed by atoms with van der Waals surface area (Å²) < 4.78 is 27.6. The Morgan fingerprint density at radius 3 is 2.77 bits per heavy atom. The number of amides is 1. The molecule has 9 heteroatoms. The SMILES string of the molecule is Cc1nc([C@H](CC2=CCC(NS(=O)O)C=C2)NC(=O)OC(C)(C)C)cs1. The fourth-order valence-corrected chi connectivity index (χ4v) is 3.59. The molecule has 0 saturated carbocycles. The summed E-state index contributed by atoms with van der Waals surface area (Å²) in [4.78, 5) is 16.7. The smallest absolute Gasteiger partial charge is 0.408 e. The van der Waals surface area contributed by atoms with Gasteiger partial charge in [0.15, 0.2) is 0 Å². The molecule has 1 aromatic rings. The zero-order valence-electron chi connectivity index (χ0n) is 15.3. The van der Waals surface area contributed by atoms with Gasteiger partial charge >= 0.3 is 6.09 Å². The summed E-state index contributed by atoms with van der Waals surface area (Å²) in [6.07, 6.45) is 6.43. The number of hydrogen-bond acceptors (Lipinski definition) is 5. The van der Waals surface area contributed by atoms with Crippen molar-refractivity contribution in [2.75, 3.05) is 0 Å². The molecule has 1 amide bonds. The Bertz CT molecular complexity index is 722. The number of rotatable bonds is 6. The Kier molecular flexibility index (Phi) is 7.10. The van der Waals surface area contributed by atoms with Gasteiger partial charge in [0, 0.05) is 11.4 Å². The average Bonchev–Trinajstić information content (AvgIpc) is 2.92. The van der Waals surface area contributed by atoms with Crippen LogP contribution < -0.4 is 10.0 Å². The lowest BCUT2D eigenvalue weighted by molar-refractivity contribution is 0.0502. The molecule has 1 heterocycles. The summed E-state index contributed by atoms with van der Waals surface area (Å²) in [5.41, 5.74) is 1.25. The first kappa shape index (κ1) is 20.8. The number of ether oxygens (including phenoxy) is 1. The first-order chi connectivity index (χ1) is 12.1. The van der Waals surface area contributed by atoms with E-state index in [0.29, 0.717) is 12.8 Å². The third-order valence-corrected chi connectivity index (χ3v) is 4.85. The van der Waals surface area contributed by atoms with Crippen LogP contribution in [-0.4, -0.2) is 31.5 Å². The van der Waals surface area contributed by atoms with Crippen LogP contribution in [0, 0.1) is 6.92 Å². The number of allylic oxidation sites excluding steroid dienone is 1. The van der Waals surface area contributed by atoms with Crippen LogP contribution in [0.1, 0.15) is 50.4 Å². The van der Waals surface area contributed by atoms with Gasteiger partial charge in [0.1, 0.15) is 5.60 Å². The molecule has 2 unspecified atom stereocenters. The van der Waals surface area contributed by atoms with Crippen molar-refractivity contribution in [1.29, 1.82) is 0 Å². The zero-order chi connectivity index (χ0) is 19.3. The van der Waals surface area contributed by atoms with Gasteiger partial charge in [0.25, 0.3) is 0 Å². The van der Waals surface area contributed by atoms with Crippen LogP contribution in [-0.2, 0) is 16.0 Å². The minimum Gasteiger partial charge on any atom is -0.444 e. The molecule has 2 rings (SSSR count). The van der Waals surface area contributed by atoms with Crippen LogP contribution in [0.25, 0.3) is 0 Å². The molecule has 0 aliphatic heterocycles. The fourth-order valence-electron chi connectivity index (χ4n) is 2.49. The van der Waals surface area contributed by atoms with Crippen molar-refractivity contribution in [2.45, 2.75) is 58.2 Å². The number of aromatic nitrogens is 1. The van der Waals surface area contributed by atoms with Crippen molar-refractivity contribution in [1.82, 2.24) is 15.0 Å². The number of hydrogen-bond donors (Lipinski definition) is 3. The van der Waals surface area contributed by atoms with Gasteiger partial charge in [-0.1, -0.05) is 18.2 Å². The maximum Gasteiger partial charge on any atom is 0.408 e. The summed E-state index contributed by atoms with van der Waals surface area (Å²) in [7, 11) is 0. The Morgan fingerprint density at radius 2 is 2.27 bits per heavy atom. The van der Waals surface area contributed by atoms with Crippen LogP contribution in [0.3, 0.4) is 0 Å². The van der Waals surface area contributed by atoms with E-state index in [-0.39, 0.29) is 12.1 Å². The monoisotopic (exact) mass is 399 g/mol. The Balaban J connectivity index is 2.06. The first-order valence-electron chi connectivity index (χ1n) is 8.28. The van der Waals surface area contributed by atoms with Crippen molar-refractivity contribution in [3.8, 4) is 0 Å². The van der Waals surface area contributed by atoms with Gasteiger partial charge < -0.3 is 10.1 Å². The highest BCUT2D eigenvalue weighted by atomic mass is 32.2. The van der Waals surface area contributed by atoms with E-state index in [0.717, 1.165) is 16.3 Å². The van der Waals surface area contributed by atoms with E-state index in [2.05, 4.69) is 15.0 Å². The predicted octanol–water partition coefficient (Wildman–Crippen LogP) is 3.39. The van der Waals surface area contributed by atoms with Gasteiger partial charge in [-0.25, -0.2) is 18.7 Å². The maximum absolute atomic E-state index is 12.2. The number of alkyl carbamates (subject to hydrolysis) is 1. The van der Waals surface area contributed by atoms with E-state index in [1.54, 1.807) is 0 Å². The second kappa shape index (κ2) is 8.90. The molecule has 7 nitrogen and oxygen atoms in total. The minimum absolute atomic E-state index is 0.177. The lowest BCUT2D eigenvalue weighted by atomic mass is 9.97. The highest BCUT2D eigenvalue weighted by Gasteiger charge is 2.23. The summed E-state index contributed by atoms with van der Waals surface area (Å²) in [6.45, 7) is 7.38. The largest absolute Gasteiger partial charge is 0.444 e. The summed E-state index contributed by atoms with van der Waals surface area (Å²) in [6, 6.07) is -0.481. The van der Waals surface area contributed by atoms with Crippen molar-refractivity contribution in [3.63, 3.8) is 0 Å². The molecule has 3 atom stereocenters. The molecular formula is C17H25N3O4S2. The van der Waals surface area contributed by atoms with Crippen LogP contribution >= 0.6 is 11.3 Å². The zero-order valence-corrected chi connectivity index (χ0v) is 16.9. The molecule has 1 aromatic heterocycles. The third-order valence-electron chi connectivity index (χ3n) is 3.55. The number of aryl methyl sites for hydroxylation is 1. The molecule has 3 N–H and O–H groups in total. The van der Waals surface area contributed by atoms with Crippen molar-refractivity contribution in [2.24, 2.45) is 0 Å². The minimum atomic E-state index is -2.04. The van der Waals surface area contributed by atoms with E-state index in [1.807, 2.05) is 51.3 Å². The van der Waals surface area contributed by atoms with Gasteiger partial charge in [-0.2, -0.15) is 0 Å². The van der Waals surface area contributed by atoms with E-state index < -0.39 is 23.0 Å². The molecule has 26 heavy (non-hydrogen) atoms. The van der Waals surface area contributed by atoms with Crippen molar-refractivity contribution < 1.29 is 18.3 Å². The summed E-state index contributed by atoms with van der Waals surface area (Å²) in [5.74, 6) is 0. The van der Waals surface area contributed by atoms with Gasteiger partial charge in [-0.3, -0.25) is 4.55 Å². The number of carbonyl (C=O) groups is 1. The van der Waals surface area contributed by atoms with E-state index in [4.69, 9.17) is 9.29 Å². The van der Waals surface area contributed by atoms with Gasteiger partial charge in [-0.05, 0) is 46.1 Å². The van der Waals surface area contributed by atoms with E-state index >= 15 is 0 Å². The second-order valence-electron chi connectivity index (χ2n) is 7.04. The topological polar surface area (TPSA) is 101 Å². The number of nitrogens with zero attached hydrogens (tertiary/aromatic N) is 1. The third kappa shape index (κ3) is 6.99. The standard InChI is InChI=1S/C17H25N3O4S2/c1-11-18-15(10-25-11)14(19-16(21)24-17(2,3)4)9-12-5-7-13(8-6-12)20-26(22)23/h5-7,10,13-14,20H,8-9H2,1-4H3,(H,19,21)(H,22,23)/t13?,14-/m0/s1. The molecule has 0 aromatic carbocycles. The number of nitrogens with one attached hydrogen (secondary N) is 2. The van der Waals surface area contributed by atoms with Gasteiger partial charge in [0.2, 0.25) is 11.3 Å². The number of thiazole rings is 1. The van der Waals surface area contributed by atoms with Crippen LogP contribution in [0.5, 0.6) is 0 Å². The van der Waals surface area contributed by atoms with Crippen molar-refractivity contribution in [3.05, 3.63) is 39.9 Å². The van der Waals surface area contributed by atoms with E-state index in [1.165, 1.54) is 11.3 Å². The predicted molar refractivity (Wildman–Crippen MR) is 103 cm³/mol. The number of carbonyl (C=O) groups excluding carboxylic acids is 1. The van der Waals surface area contributed by atoms with E-state index in [9.17, 15) is 9.00 Å². The molecule has 0 fully saturated rings. The highest BCUT2D eigenvalue weighted by molar-refractivity contribution is 7.77. The average molecular weight is 400 g/mol. The van der Waals surface area contributed by atoms with Crippen molar-refractivity contribution >= 4 is 28.7 Å². The van der Waals surface area contributed by atoms with Gasteiger partial charge in [0.05, 0.1) is 16.7 Å². The molecule has 1 aliphatic rings. The molecule has 1 aliphatic carbocycles. The highest BCUT2D eigenvalue weighted by Crippen LogP contribution is 2.26. The first-order valence-corrected chi connectivity index (χ1v) is 10.3. The Hall–Kier alpha value is -1.55. The van der Waals surface area contributed by atoms with Crippen LogP contribution in [0.2, 0.25) is 0 Å². The fraction of sp³-hybridized carbons (Fsp3) is 0.529. The Labute approximate surface area is 160 Å². The second-order valence-corrected chi connectivity index (χ2v) is 8.84. The Morgan fingerprint density at radius 1 is 1.54 bits per heavy atom. The van der Waals surface area contributed by atoms with Crippen LogP contribution in [0.15, 0.2) is 29.2 Å². The normalized spacial score (nSPS) is 19.6. The molecule has 144 valence electrons. The molecule has 0 spiro atoms. The quantitative estimate of drug-likeness (QED) is 0.637. The summed E-state index contributed by atoms with van der Waals surface area (Å²) in [5, 5.41) is 5.76. The molecular weight excluding hydrogens is 374 g/mol.